The van der Waals surface area contributed by atoms with E-state index in [1.165, 1.54) is 12.1 Å². The van der Waals surface area contributed by atoms with Gasteiger partial charge in [-0.25, -0.2) is 12.8 Å². The molecule has 2 N–H and O–H groups in total. The van der Waals surface area contributed by atoms with Crippen LogP contribution in [0.1, 0.15) is 11.5 Å². The molecule has 17 heteroatoms. The minimum atomic E-state index is -4.95. The molecule has 0 saturated heterocycles. The van der Waals surface area contributed by atoms with Crippen molar-refractivity contribution in [3.8, 4) is 17.2 Å². The van der Waals surface area contributed by atoms with Crippen LogP contribution < -0.4 is 15.4 Å². The van der Waals surface area contributed by atoms with Gasteiger partial charge in [0.25, 0.3) is 5.89 Å². The van der Waals surface area contributed by atoms with Crippen molar-refractivity contribution in [1.82, 2.24) is 10.2 Å². The van der Waals surface area contributed by atoms with Crippen molar-refractivity contribution in [3.63, 3.8) is 0 Å². The fourth-order valence-electron chi connectivity index (χ4n) is 3.63. The third kappa shape index (κ3) is 6.04. The van der Waals surface area contributed by atoms with Crippen molar-refractivity contribution in [2.24, 2.45) is 5.73 Å². The van der Waals surface area contributed by atoms with Gasteiger partial charge in [0.05, 0.1) is 34.5 Å². The summed E-state index contributed by atoms with van der Waals surface area (Å²) in [5.74, 6) is -5.21. The van der Waals surface area contributed by atoms with Crippen LogP contribution >= 0.6 is 0 Å². The van der Waals surface area contributed by atoms with E-state index in [1.807, 2.05) is 0 Å². The van der Waals surface area contributed by atoms with Crippen LogP contribution in [0.2, 0.25) is 0 Å². The lowest BCUT2D eigenvalue weighted by molar-refractivity contribution is -0.274. The second-order valence-corrected chi connectivity index (χ2v) is 10.1. The molecule has 4 rings (SSSR count). The first-order chi connectivity index (χ1) is 17.5. The van der Waals surface area contributed by atoms with E-state index in [1.54, 1.807) is 0 Å². The summed E-state index contributed by atoms with van der Waals surface area (Å²) in [5, 5.41) is 6.59. The summed E-state index contributed by atoms with van der Waals surface area (Å²) in [7, 11) is -4.34. The number of fused-ring (bicyclic) bond motifs is 1. The molecular formula is C21H15F7N4O5S. The third-order valence-corrected chi connectivity index (χ3v) is 7.00. The Morgan fingerprint density at radius 3 is 2.34 bits per heavy atom. The molecule has 0 spiro atoms. The SMILES string of the molecule is N[C@H]1CS(=O)(=O)c2cc(F)c(-c3nnc(CC(F)(F)F)o3)cc2N(Cc2ccc(OC(F)(F)F)cc2)C1=O. The predicted octanol–water partition coefficient (Wildman–Crippen LogP) is 3.53. The van der Waals surface area contributed by atoms with Crippen LogP contribution in [0.25, 0.3) is 11.5 Å². The van der Waals surface area contributed by atoms with Crippen molar-refractivity contribution in [3.05, 3.63) is 53.7 Å². The average Bonchev–Trinajstić information content (AvgIpc) is 3.20. The highest BCUT2D eigenvalue weighted by atomic mass is 32.2. The highest BCUT2D eigenvalue weighted by Gasteiger charge is 2.38. The van der Waals surface area contributed by atoms with E-state index in [2.05, 4.69) is 14.9 Å². The van der Waals surface area contributed by atoms with Gasteiger partial charge in [-0.2, -0.15) is 13.2 Å². The number of ether oxygens (including phenoxy) is 1. The molecule has 9 nitrogen and oxygen atoms in total. The lowest BCUT2D eigenvalue weighted by Gasteiger charge is -2.24. The molecule has 2 aromatic carbocycles. The topological polar surface area (TPSA) is 129 Å². The first-order valence-corrected chi connectivity index (χ1v) is 12.0. The number of carbonyl (C=O) groups is 1. The Morgan fingerprint density at radius 1 is 1.08 bits per heavy atom. The zero-order valence-corrected chi connectivity index (χ0v) is 19.5. The number of hydrogen-bond donors (Lipinski definition) is 1. The van der Waals surface area contributed by atoms with Crippen LogP contribution in [-0.2, 0) is 27.6 Å². The molecule has 0 fully saturated rings. The van der Waals surface area contributed by atoms with E-state index in [4.69, 9.17) is 10.2 Å². The highest BCUT2D eigenvalue weighted by Crippen LogP contribution is 2.37. The molecule has 1 aliphatic heterocycles. The lowest BCUT2D eigenvalue weighted by Crippen LogP contribution is -2.45. The summed E-state index contributed by atoms with van der Waals surface area (Å²) in [5.41, 5.74) is 4.98. The second-order valence-electron chi connectivity index (χ2n) is 8.10. The number of anilines is 1. The zero-order chi connectivity index (χ0) is 28.0. The van der Waals surface area contributed by atoms with Crippen LogP contribution in [0.15, 0.2) is 45.7 Å². The smallest absolute Gasteiger partial charge is 0.420 e. The van der Waals surface area contributed by atoms with Gasteiger partial charge in [-0.15, -0.1) is 23.4 Å². The molecule has 0 saturated carbocycles. The van der Waals surface area contributed by atoms with Gasteiger partial charge in [-0.3, -0.25) is 4.79 Å². The van der Waals surface area contributed by atoms with Crippen molar-refractivity contribution < 1.29 is 53.1 Å². The molecular weight excluding hydrogens is 553 g/mol. The average molecular weight is 568 g/mol. The number of amides is 1. The Bertz CT molecular complexity index is 1470. The first-order valence-electron chi connectivity index (χ1n) is 10.4. The van der Waals surface area contributed by atoms with Gasteiger partial charge >= 0.3 is 12.5 Å². The number of hydrogen-bond acceptors (Lipinski definition) is 8. The van der Waals surface area contributed by atoms with Gasteiger partial charge in [0.1, 0.15) is 18.0 Å². The number of alkyl halides is 6. The maximum absolute atomic E-state index is 15.0. The number of sulfone groups is 1. The van der Waals surface area contributed by atoms with Crippen molar-refractivity contribution in [2.45, 2.75) is 36.4 Å². The predicted molar refractivity (Wildman–Crippen MR) is 114 cm³/mol. The molecule has 1 aliphatic rings. The normalized spacial score (nSPS) is 17.7. The molecule has 0 radical (unpaired) electrons. The first kappa shape index (κ1) is 27.3. The molecule has 204 valence electrons. The van der Waals surface area contributed by atoms with E-state index < -0.39 is 92.5 Å². The van der Waals surface area contributed by atoms with Gasteiger partial charge in [-0.05, 0) is 29.8 Å². The molecule has 1 aromatic heterocycles. The fourth-order valence-corrected chi connectivity index (χ4v) is 5.20. The van der Waals surface area contributed by atoms with Crippen LogP contribution in [0.3, 0.4) is 0 Å². The molecule has 1 atom stereocenters. The van der Waals surface area contributed by atoms with E-state index in [0.717, 1.165) is 23.1 Å². The highest BCUT2D eigenvalue weighted by molar-refractivity contribution is 7.91. The Labute approximate surface area is 208 Å². The van der Waals surface area contributed by atoms with E-state index in [9.17, 15) is 43.9 Å². The summed E-state index contributed by atoms with van der Waals surface area (Å²) in [6.07, 6.45) is -11.3. The van der Waals surface area contributed by atoms with Crippen molar-refractivity contribution in [1.29, 1.82) is 0 Å². The molecule has 0 aliphatic carbocycles. The summed E-state index contributed by atoms with van der Waals surface area (Å²) in [4.78, 5) is 13.3. The fraction of sp³-hybridized carbons (Fsp3) is 0.286. The largest absolute Gasteiger partial charge is 0.573 e. The number of halogens is 7. The van der Waals surface area contributed by atoms with Gasteiger partial charge in [0, 0.05) is 0 Å². The number of carbonyl (C=O) groups excluding carboxylic acids is 1. The number of rotatable bonds is 5. The van der Waals surface area contributed by atoms with Gasteiger partial charge in [-0.1, -0.05) is 12.1 Å². The Balaban J connectivity index is 1.77. The third-order valence-electron chi connectivity index (χ3n) is 5.20. The van der Waals surface area contributed by atoms with Gasteiger partial charge in [0.2, 0.25) is 11.8 Å². The summed E-state index contributed by atoms with van der Waals surface area (Å²) in [6.45, 7) is -0.421. The Kier molecular flexibility index (Phi) is 6.85. The standard InChI is InChI=1S/C21H15F7N4O5S/c22-13-6-16-15(5-12(13)18-31-30-17(36-18)7-20(23,24)25)32(19(33)14(29)9-38(16,34)35)8-10-1-3-11(4-2-10)37-21(26,27)28/h1-6,14H,7-9,29H2/t14-/m0/s1. The quantitative estimate of drug-likeness (QED) is 0.463. The van der Waals surface area contributed by atoms with Crippen LogP contribution in [0, 0.1) is 5.82 Å². The van der Waals surface area contributed by atoms with E-state index in [-0.39, 0.29) is 5.56 Å². The van der Waals surface area contributed by atoms with Crippen LogP contribution in [0.4, 0.5) is 36.4 Å². The summed E-state index contributed by atoms with van der Waals surface area (Å²) >= 11 is 0. The second kappa shape index (κ2) is 9.54. The zero-order valence-electron chi connectivity index (χ0n) is 18.7. The number of benzene rings is 2. The van der Waals surface area contributed by atoms with Crippen molar-refractivity contribution in [2.75, 3.05) is 10.7 Å². The number of aromatic nitrogens is 2. The summed E-state index contributed by atoms with van der Waals surface area (Å²) in [6, 6.07) is 4.05. The van der Waals surface area contributed by atoms with Crippen LogP contribution in [-0.4, -0.2) is 48.9 Å². The molecule has 2 heterocycles. The van der Waals surface area contributed by atoms with Gasteiger partial charge in [0.15, 0.2) is 9.84 Å². The Hall–Kier alpha value is -3.73. The monoisotopic (exact) mass is 568 g/mol. The molecule has 0 bridgehead atoms. The maximum atomic E-state index is 15.0. The minimum absolute atomic E-state index is 0.210. The molecule has 38 heavy (non-hydrogen) atoms. The van der Waals surface area contributed by atoms with E-state index >= 15 is 0 Å². The Morgan fingerprint density at radius 2 is 1.74 bits per heavy atom. The lowest BCUT2D eigenvalue weighted by atomic mass is 10.1. The molecule has 0 unspecified atom stereocenters. The van der Waals surface area contributed by atoms with Crippen molar-refractivity contribution >= 4 is 21.4 Å². The number of nitrogens with zero attached hydrogens (tertiary/aromatic N) is 3. The van der Waals surface area contributed by atoms with Gasteiger partial charge < -0.3 is 19.8 Å². The number of nitrogens with two attached hydrogens (primary N) is 1. The van der Waals surface area contributed by atoms with Crippen LogP contribution in [0.5, 0.6) is 5.75 Å². The molecule has 3 aromatic rings. The maximum Gasteiger partial charge on any atom is 0.573 e. The van der Waals surface area contributed by atoms with E-state index in [0.29, 0.717) is 6.07 Å². The summed E-state index contributed by atoms with van der Waals surface area (Å²) < 4.78 is 125. The minimum Gasteiger partial charge on any atom is -0.420 e. The molecule has 1 amide bonds.